The van der Waals surface area contributed by atoms with Crippen LogP contribution in [0.2, 0.25) is 0 Å². The third-order valence-corrected chi connectivity index (χ3v) is 11.8. The van der Waals surface area contributed by atoms with Gasteiger partial charge in [-0.2, -0.15) is 0 Å². The van der Waals surface area contributed by atoms with Crippen molar-refractivity contribution in [3.8, 4) is 5.75 Å². The molecule has 3 aromatic rings. The first kappa shape index (κ1) is 34.6. The molecule has 6 atom stereocenters. The first-order valence-corrected chi connectivity index (χ1v) is 16.1. The van der Waals surface area contributed by atoms with Crippen LogP contribution < -0.4 is 9.80 Å². The molecule has 264 valence electrons. The average molecular weight is 749 g/mol. The van der Waals surface area contributed by atoms with Crippen molar-refractivity contribution in [1.29, 1.82) is 0 Å². The number of halogens is 7. The van der Waals surface area contributed by atoms with Crippen molar-refractivity contribution in [2.24, 2.45) is 17.8 Å². The Balaban J connectivity index is 1.44. The van der Waals surface area contributed by atoms with Gasteiger partial charge in [0.2, 0.25) is 17.6 Å². The average Bonchev–Trinajstić information content (AvgIpc) is 3.43. The summed E-state index contributed by atoms with van der Waals surface area (Å²) in [6.45, 7) is 3.02. The standard InChI is InChI=1S/C35H23Cl2F5N2O7/c1-12-8-15(9-13(2)28(12)45)21-17-6-7-18-20(30(47)43(29(18)46)16-5-3-4-14(10-16)31(48)49)19(17)11-34(36)32(50)44(33(51)35(21,34)37)27-25(41)23(39)22(38)24(40)26(27)42/h3-6,8-10,18-21,45H,7,11H2,1-2H3,(H,48,49). The Labute approximate surface area is 294 Å². The zero-order valence-electron chi connectivity index (χ0n) is 26.2. The summed E-state index contributed by atoms with van der Waals surface area (Å²) in [5, 5.41) is 20.0. The van der Waals surface area contributed by atoms with Crippen LogP contribution in [0.25, 0.3) is 0 Å². The van der Waals surface area contributed by atoms with Crippen LogP contribution in [0.15, 0.2) is 48.0 Å². The second-order valence-electron chi connectivity index (χ2n) is 13.1. The zero-order chi connectivity index (χ0) is 37.2. The summed E-state index contributed by atoms with van der Waals surface area (Å²) in [7, 11) is 0. The van der Waals surface area contributed by atoms with Gasteiger partial charge in [0.1, 0.15) is 11.4 Å². The smallest absolute Gasteiger partial charge is 0.335 e. The highest BCUT2D eigenvalue weighted by molar-refractivity contribution is 6.58. The number of aromatic carboxylic acids is 1. The van der Waals surface area contributed by atoms with E-state index in [1.54, 1.807) is 0 Å². The fourth-order valence-electron chi connectivity index (χ4n) is 8.13. The van der Waals surface area contributed by atoms with Gasteiger partial charge >= 0.3 is 5.97 Å². The number of benzene rings is 3. The number of nitrogens with zero attached hydrogens (tertiary/aromatic N) is 2. The zero-order valence-corrected chi connectivity index (χ0v) is 27.8. The van der Waals surface area contributed by atoms with E-state index in [-0.39, 0.29) is 50.6 Å². The first-order valence-electron chi connectivity index (χ1n) is 15.4. The van der Waals surface area contributed by atoms with Gasteiger partial charge in [-0.05, 0) is 67.5 Å². The lowest BCUT2D eigenvalue weighted by Crippen LogP contribution is -2.60. The Morgan fingerprint density at radius 3 is 2.00 bits per heavy atom. The van der Waals surface area contributed by atoms with Crippen molar-refractivity contribution in [1.82, 2.24) is 0 Å². The molecule has 4 aliphatic rings. The third-order valence-electron chi connectivity index (χ3n) is 10.4. The van der Waals surface area contributed by atoms with Crippen LogP contribution >= 0.6 is 23.2 Å². The van der Waals surface area contributed by atoms with E-state index in [4.69, 9.17) is 23.2 Å². The molecule has 0 bridgehead atoms. The molecule has 6 unspecified atom stereocenters. The number of aryl methyl sites for hydroxylation is 2. The van der Waals surface area contributed by atoms with Crippen LogP contribution in [0.3, 0.4) is 0 Å². The fraction of sp³-hybridized carbons (Fsp3) is 0.286. The number of carboxylic acid groups (broad SMARTS) is 1. The van der Waals surface area contributed by atoms with Gasteiger partial charge in [-0.25, -0.2) is 31.6 Å². The first-order chi connectivity index (χ1) is 23.9. The maximum atomic E-state index is 15.2. The number of imide groups is 2. The predicted octanol–water partition coefficient (Wildman–Crippen LogP) is 6.17. The van der Waals surface area contributed by atoms with Crippen LogP contribution in [-0.2, 0) is 19.2 Å². The molecule has 3 aromatic carbocycles. The van der Waals surface area contributed by atoms with Crippen molar-refractivity contribution >= 4 is 64.2 Å². The van der Waals surface area contributed by atoms with Gasteiger partial charge in [0.05, 0.1) is 23.1 Å². The number of alkyl halides is 2. The van der Waals surface area contributed by atoms with Crippen LogP contribution in [0.1, 0.15) is 45.8 Å². The van der Waals surface area contributed by atoms with Crippen LogP contribution in [-0.4, -0.2) is 49.6 Å². The minimum atomic E-state index is -2.71. The molecule has 0 spiro atoms. The van der Waals surface area contributed by atoms with E-state index in [0.717, 1.165) is 11.0 Å². The Hall–Kier alpha value is -4.82. The van der Waals surface area contributed by atoms with Crippen molar-refractivity contribution < 1.29 is 56.1 Å². The number of hydrogen-bond donors (Lipinski definition) is 2. The molecule has 2 N–H and O–H groups in total. The molecule has 2 saturated heterocycles. The SMILES string of the molecule is Cc1cc(C2C3=CCC4C(=O)N(c5cccc(C(=O)O)c5)C(=O)C4C3CC3(Cl)C(=O)N(c4c(F)c(F)c(F)c(F)c4F)C(=O)C23Cl)cc(C)c1O. The van der Waals surface area contributed by atoms with E-state index in [1.807, 2.05) is 0 Å². The highest BCUT2D eigenvalue weighted by atomic mass is 35.5. The number of carbonyl (C=O) groups is 5. The number of amides is 4. The number of aromatic hydroxyl groups is 1. The monoisotopic (exact) mass is 748 g/mol. The number of phenols is 1. The quantitative estimate of drug-likeness (QED) is 0.0815. The van der Waals surface area contributed by atoms with Gasteiger partial charge in [0.25, 0.3) is 11.8 Å². The van der Waals surface area contributed by atoms with E-state index < -0.39 is 104 Å². The molecule has 2 aliphatic carbocycles. The Kier molecular flexibility index (Phi) is 7.70. The molecule has 1 saturated carbocycles. The Morgan fingerprint density at radius 2 is 1.41 bits per heavy atom. The van der Waals surface area contributed by atoms with Crippen molar-refractivity contribution in [3.63, 3.8) is 0 Å². The molecule has 3 fully saturated rings. The summed E-state index contributed by atoms with van der Waals surface area (Å²) in [4.78, 5) is 63.5. The number of phenolic OH excluding ortho intramolecular Hbond substituents is 1. The van der Waals surface area contributed by atoms with Crippen molar-refractivity contribution in [2.45, 2.75) is 42.4 Å². The Morgan fingerprint density at radius 1 is 0.824 bits per heavy atom. The maximum absolute atomic E-state index is 15.2. The summed E-state index contributed by atoms with van der Waals surface area (Å²) in [6.07, 6.45) is 0.736. The summed E-state index contributed by atoms with van der Waals surface area (Å²) < 4.78 is 73.4. The fourth-order valence-corrected chi connectivity index (χ4v) is 9.06. The van der Waals surface area contributed by atoms with E-state index in [0.29, 0.717) is 0 Å². The summed E-state index contributed by atoms with van der Waals surface area (Å²) in [5.41, 5.74) is -1.23. The molecule has 4 amide bonds. The van der Waals surface area contributed by atoms with E-state index >= 15 is 8.78 Å². The normalized spacial score (nSPS) is 28.5. The van der Waals surface area contributed by atoms with Crippen molar-refractivity contribution in [3.05, 3.63) is 99.4 Å². The largest absolute Gasteiger partial charge is 0.507 e. The number of hydrogen-bond acceptors (Lipinski definition) is 6. The molecule has 7 rings (SSSR count). The molecular formula is C35H23Cl2F5N2O7. The summed E-state index contributed by atoms with van der Waals surface area (Å²) in [5.74, 6) is -23.6. The van der Waals surface area contributed by atoms with Crippen LogP contribution in [0, 0.1) is 60.7 Å². The van der Waals surface area contributed by atoms with E-state index in [2.05, 4.69) is 0 Å². The highest BCUT2D eigenvalue weighted by Gasteiger charge is 2.77. The van der Waals surface area contributed by atoms with Gasteiger partial charge < -0.3 is 10.2 Å². The Bertz CT molecular complexity index is 2160. The summed E-state index contributed by atoms with van der Waals surface area (Å²) in [6, 6.07) is 7.90. The van der Waals surface area contributed by atoms with Crippen molar-refractivity contribution in [2.75, 3.05) is 9.80 Å². The molecule has 0 aromatic heterocycles. The minimum absolute atomic E-state index is 0.0464. The highest BCUT2D eigenvalue weighted by Crippen LogP contribution is 2.66. The molecular weight excluding hydrogens is 726 g/mol. The molecule has 16 heteroatoms. The maximum Gasteiger partial charge on any atom is 0.335 e. The molecule has 0 radical (unpaired) electrons. The molecule has 51 heavy (non-hydrogen) atoms. The lowest BCUT2D eigenvalue weighted by Gasteiger charge is -2.50. The number of carbonyl (C=O) groups excluding carboxylic acids is 4. The van der Waals surface area contributed by atoms with Gasteiger partial charge in [-0.15, -0.1) is 23.2 Å². The number of rotatable bonds is 4. The van der Waals surface area contributed by atoms with E-state index in [9.17, 15) is 47.4 Å². The van der Waals surface area contributed by atoms with Gasteiger partial charge in [0.15, 0.2) is 33.0 Å². The van der Waals surface area contributed by atoms with Gasteiger partial charge in [0, 0.05) is 5.92 Å². The second-order valence-corrected chi connectivity index (χ2v) is 14.3. The third kappa shape index (κ3) is 4.41. The lowest BCUT2D eigenvalue weighted by molar-refractivity contribution is -0.125. The predicted molar refractivity (Wildman–Crippen MR) is 170 cm³/mol. The molecule has 9 nitrogen and oxygen atoms in total. The second kappa shape index (κ2) is 11.3. The molecule has 2 heterocycles. The minimum Gasteiger partial charge on any atom is -0.507 e. The van der Waals surface area contributed by atoms with Gasteiger partial charge in [-0.1, -0.05) is 29.8 Å². The van der Waals surface area contributed by atoms with Gasteiger partial charge in [-0.3, -0.25) is 24.1 Å². The van der Waals surface area contributed by atoms with E-state index in [1.165, 1.54) is 50.3 Å². The van der Waals surface area contributed by atoms with Crippen LogP contribution in [0.5, 0.6) is 5.75 Å². The topological polar surface area (TPSA) is 132 Å². The molecule has 2 aliphatic heterocycles. The number of allylic oxidation sites excluding steroid dienone is 2. The lowest BCUT2D eigenvalue weighted by atomic mass is 9.56. The van der Waals surface area contributed by atoms with Crippen LogP contribution in [0.4, 0.5) is 33.3 Å². The number of anilines is 2. The summed E-state index contributed by atoms with van der Waals surface area (Å²) >= 11 is 14.3. The number of carboxylic acids is 1. The number of fused-ring (bicyclic) bond motifs is 4.